The molecule has 0 aliphatic heterocycles. The van der Waals surface area contributed by atoms with E-state index in [2.05, 4.69) is 31.3 Å². The molecular weight excluding hydrogens is 286 g/mol. The van der Waals surface area contributed by atoms with Crippen molar-refractivity contribution in [2.75, 3.05) is 33.5 Å². The molecule has 1 N–H and O–H groups in total. The van der Waals surface area contributed by atoms with Crippen molar-refractivity contribution in [1.82, 2.24) is 5.32 Å². The van der Waals surface area contributed by atoms with Crippen molar-refractivity contribution >= 4 is 11.6 Å². The molecule has 1 rings (SSSR count). The van der Waals surface area contributed by atoms with Crippen LogP contribution in [0.15, 0.2) is 24.3 Å². The average molecular weight is 314 g/mol. The molecule has 0 aromatic heterocycles. The maximum atomic E-state index is 6.06. The van der Waals surface area contributed by atoms with Crippen molar-refractivity contribution in [2.24, 2.45) is 5.92 Å². The summed E-state index contributed by atoms with van der Waals surface area (Å²) in [5.41, 5.74) is 1.29. The van der Waals surface area contributed by atoms with Crippen LogP contribution in [0.3, 0.4) is 0 Å². The predicted octanol–water partition coefficient (Wildman–Crippen LogP) is 3.55. The third-order valence-corrected chi connectivity index (χ3v) is 3.57. The van der Waals surface area contributed by atoms with Gasteiger partial charge in [0.2, 0.25) is 0 Å². The fourth-order valence-electron chi connectivity index (χ4n) is 2.17. The van der Waals surface area contributed by atoms with Crippen LogP contribution in [0.25, 0.3) is 0 Å². The Morgan fingerprint density at radius 2 is 2.00 bits per heavy atom. The van der Waals surface area contributed by atoms with Gasteiger partial charge in [0.15, 0.2) is 0 Å². The molecule has 0 aliphatic carbocycles. The van der Waals surface area contributed by atoms with Crippen molar-refractivity contribution in [1.29, 1.82) is 0 Å². The molecule has 1 atom stereocenters. The summed E-state index contributed by atoms with van der Waals surface area (Å²) >= 11 is 6.06. The molecule has 21 heavy (non-hydrogen) atoms. The second-order valence-electron chi connectivity index (χ2n) is 5.66. The molecule has 1 unspecified atom stereocenters. The number of benzene rings is 1. The van der Waals surface area contributed by atoms with E-state index < -0.39 is 0 Å². The molecular formula is C17H28ClNO2. The van der Waals surface area contributed by atoms with E-state index in [-0.39, 0.29) is 0 Å². The minimum atomic E-state index is 0.501. The van der Waals surface area contributed by atoms with E-state index in [1.165, 1.54) is 5.56 Å². The summed E-state index contributed by atoms with van der Waals surface area (Å²) in [6.07, 6.45) is 2.06. The van der Waals surface area contributed by atoms with Gasteiger partial charge in [-0.15, -0.1) is 0 Å². The molecule has 3 nitrogen and oxygen atoms in total. The van der Waals surface area contributed by atoms with Gasteiger partial charge in [0.25, 0.3) is 0 Å². The van der Waals surface area contributed by atoms with Crippen LogP contribution in [0.2, 0.25) is 5.02 Å². The summed E-state index contributed by atoms with van der Waals surface area (Å²) in [6.45, 7) is 7.43. The Hall–Kier alpha value is -0.610. The van der Waals surface area contributed by atoms with Gasteiger partial charge in [0.1, 0.15) is 0 Å². The second kappa shape index (κ2) is 11.0. The molecule has 0 spiro atoms. The summed E-state index contributed by atoms with van der Waals surface area (Å²) in [4.78, 5) is 0. The molecule has 0 fully saturated rings. The Labute approximate surface area is 134 Å². The molecule has 1 aromatic carbocycles. The summed E-state index contributed by atoms with van der Waals surface area (Å²) in [5, 5.41) is 4.32. The van der Waals surface area contributed by atoms with Crippen molar-refractivity contribution in [3.05, 3.63) is 34.9 Å². The van der Waals surface area contributed by atoms with Crippen molar-refractivity contribution in [2.45, 2.75) is 32.7 Å². The quantitative estimate of drug-likeness (QED) is 0.634. The van der Waals surface area contributed by atoms with E-state index in [0.29, 0.717) is 25.2 Å². The Morgan fingerprint density at radius 3 is 2.67 bits per heavy atom. The zero-order chi connectivity index (χ0) is 15.5. The highest BCUT2D eigenvalue weighted by molar-refractivity contribution is 6.30. The first-order chi connectivity index (χ1) is 10.1. The smallest absolute Gasteiger partial charge is 0.0700 e. The van der Waals surface area contributed by atoms with Crippen LogP contribution in [0, 0.1) is 5.92 Å². The summed E-state index contributed by atoms with van der Waals surface area (Å²) < 4.78 is 10.6. The van der Waals surface area contributed by atoms with Gasteiger partial charge in [-0.25, -0.2) is 0 Å². The Balaban J connectivity index is 2.43. The molecule has 0 heterocycles. The second-order valence-corrected chi connectivity index (χ2v) is 6.09. The normalized spacial score (nSPS) is 12.8. The first-order valence-electron chi connectivity index (χ1n) is 7.66. The maximum Gasteiger partial charge on any atom is 0.0700 e. The average Bonchev–Trinajstić information content (AvgIpc) is 2.44. The van der Waals surface area contributed by atoms with Gasteiger partial charge in [-0.1, -0.05) is 37.6 Å². The zero-order valence-electron chi connectivity index (χ0n) is 13.4. The van der Waals surface area contributed by atoms with E-state index in [0.717, 1.165) is 31.0 Å². The van der Waals surface area contributed by atoms with Crippen LogP contribution >= 0.6 is 11.6 Å². The summed E-state index contributed by atoms with van der Waals surface area (Å²) in [6, 6.07) is 8.62. The molecule has 4 heteroatoms. The number of hydrogen-bond acceptors (Lipinski definition) is 3. The minimum Gasteiger partial charge on any atom is -0.382 e. The summed E-state index contributed by atoms with van der Waals surface area (Å²) in [5.74, 6) is 0.549. The highest BCUT2D eigenvalue weighted by Gasteiger charge is 2.11. The van der Waals surface area contributed by atoms with Crippen LogP contribution in [-0.2, 0) is 15.9 Å². The molecule has 0 bridgehead atoms. The highest BCUT2D eigenvalue weighted by Crippen LogP contribution is 2.16. The number of nitrogens with one attached hydrogen (secondary N) is 1. The Bertz CT molecular complexity index is 385. The van der Waals surface area contributed by atoms with Gasteiger partial charge in [-0.05, 0) is 43.0 Å². The summed E-state index contributed by atoms with van der Waals surface area (Å²) in [7, 11) is 1.69. The molecule has 0 aliphatic rings. The Morgan fingerprint density at radius 1 is 1.19 bits per heavy atom. The molecule has 120 valence electrons. The van der Waals surface area contributed by atoms with Crippen LogP contribution in [0.1, 0.15) is 25.8 Å². The Kier molecular flexibility index (Phi) is 9.68. The van der Waals surface area contributed by atoms with Crippen LogP contribution in [-0.4, -0.2) is 39.5 Å². The van der Waals surface area contributed by atoms with E-state index >= 15 is 0 Å². The van der Waals surface area contributed by atoms with Crippen LogP contribution in [0.4, 0.5) is 0 Å². The van der Waals surface area contributed by atoms with Gasteiger partial charge in [0, 0.05) is 24.8 Å². The highest BCUT2D eigenvalue weighted by atomic mass is 35.5. The monoisotopic (exact) mass is 313 g/mol. The number of methoxy groups -OCH3 is 1. The predicted molar refractivity (Wildman–Crippen MR) is 89.1 cm³/mol. The van der Waals surface area contributed by atoms with E-state index in [1.54, 1.807) is 7.11 Å². The van der Waals surface area contributed by atoms with Crippen LogP contribution in [0.5, 0.6) is 0 Å². The largest absolute Gasteiger partial charge is 0.382 e. The van der Waals surface area contributed by atoms with E-state index in [4.69, 9.17) is 21.1 Å². The van der Waals surface area contributed by atoms with E-state index in [9.17, 15) is 0 Å². The molecule has 1 aromatic rings. The van der Waals surface area contributed by atoms with Crippen molar-refractivity contribution in [3.63, 3.8) is 0 Å². The van der Waals surface area contributed by atoms with Gasteiger partial charge in [-0.3, -0.25) is 0 Å². The van der Waals surface area contributed by atoms with Gasteiger partial charge < -0.3 is 14.8 Å². The number of rotatable bonds is 11. The van der Waals surface area contributed by atoms with Crippen molar-refractivity contribution in [3.8, 4) is 0 Å². The van der Waals surface area contributed by atoms with Gasteiger partial charge >= 0.3 is 0 Å². The SMILES string of the molecule is COCCOCCC(CNC(C)C)Cc1cccc(Cl)c1. The number of hydrogen-bond donors (Lipinski definition) is 1. The molecule has 0 amide bonds. The first kappa shape index (κ1) is 18.4. The topological polar surface area (TPSA) is 30.5 Å². The number of ether oxygens (including phenoxy) is 2. The lowest BCUT2D eigenvalue weighted by atomic mass is 9.96. The van der Waals surface area contributed by atoms with Crippen molar-refractivity contribution < 1.29 is 9.47 Å². The van der Waals surface area contributed by atoms with Gasteiger partial charge in [-0.2, -0.15) is 0 Å². The van der Waals surface area contributed by atoms with Crippen LogP contribution < -0.4 is 5.32 Å². The molecule has 0 saturated heterocycles. The standard InChI is InChI=1S/C17H28ClNO2/c1-14(2)19-13-16(7-8-21-10-9-20-3)11-15-5-4-6-17(18)12-15/h4-6,12,14,16,19H,7-11,13H2,1-3H3. The third-order valence-electron chi connectivity index (χ3n) is 3.33. The lowest BCUT2D eigenvalue weighted by molar-refractivity contribution is 0.0635. The first-order valence-corrected chi connectivity index (χ1v) is 8.04. The fourth-order valence-corrected chi connectivity index (χ4v) is 2.38. The minimum absolute atomic E-state index is 0.501. The fraction of sp³-hybridized carbons (Fsp3) is 0.647. The molecule has 0 saturated carbocycles. The lowest BCUT2D eigenvalue weighted by Crippen LogP contribution is -2.30. The van der Waals surface area contributed by atoms with E-state index in [1.807, 2.05) is 12.1 Å². The number of halogens is 1. The third kappa shape index (κ3) is 9.10. The lowest BCUT2D eigenvalue weighted by Gasteiger charge is -2.19. The van der Waals surface area contributed by atoms with Gasteiger partial charge in [0.05, 0.1) is 13.2 Å². The zero-order valence-corrected chi connectivity index (χ0v) is 14.2. The molecule has 0 radical (unpaired) electrons. The maximum absolute atomic E-state index is 6.06.